The molecule has 0 amide bonds. The van der Waals surface area contributed by atoms with Gasteiger partial charge in [-0.25, -0.2) is 9.97 Å². The number of aliphatic hydroxyl groups is 1. The van der Waals surface area contributed by atoms with Crippen molar-refractivity contribution in [2.24, 2.45) is 39.7 Å². The number of fused-ring (bicyclic) bond motifs is 1. The standard InChI is InChI=1S/C32H45N3O6S/c1-18-5-9-32-10-7-22(36)28(32)31(18,4)24(41-25(37)16-42-23-15-40-26-21(33)14-39-27(23)26)11-30(3,29(38)19(32)2)8-6-20-12-34-17-35-13-20/h6,8,12-13,17-19,21,23-24,26-29,38H,5,7,9-11,14-16,33H2,1-4H3/b8-6+/t18?,19-,21-,23-,24+,26+,27?,28-,29-,30-,31-,32-/m0/s1. The zero-order valence-electron chi connectivity index (χ0n) is 25.1. The van der Waals surface area contributed by atoms with Gasteiger partial charge in [0.15, 0.2) is 0 Å². The molecule has 2 saturated heterocycles. The van der Waals surface area contributed by atoms with E-state index in [-0.39, 0.29) is 64.2 Å². The molecule has 3 N–H and O–H groups in total. The van der Waals surface area contributed by atoms with Crippen LogP contribution in [0, 0.1) is 34.0 Å². The molecule has 42 heavy (non-hydrogen) atoms. The molecule has 2 unspecified atom stereocenters. The van der Waals surface area contributed by atoms with Crippen molar-refractivity contribution in [1.29, 1.82) is 0 Å². The molecule has 9 nitrogen and oxygen atoms in total. The van der Waals surface area contributed by atoms with Gasteiger partial charge in [0.05, 0.1) is 42.5 Å². The topological polar surface area (TPSA) is 134 Å². The molecule has 5 fully saturated rings. The first-order valence-electron chi connectivity index (χ1n) is 15.4. The number of nitrogens with two attached hydrogens (primary N) is 1. The van der Waals surface area contributed by atoms with E-state index in [1.165, 1.54) is 18.1 Å². The van der Waals surface area contributed by atoms with Gasteiger partial charge >= 0.3 is 5.97 Å². The van der Waals surface area contributed by atoms with Gasteiger partial charge in [-0.15, -0.1) is 11.8 Å². The number of hydrogen-bond donors (Lipinski definition) is 2. The molecule has 1 aromatic rings. The van der Waals surface area contributed by atoms with E-state index in [4.69, 9.17) is 19.9 Å². The van der Waals surface area contributed by atoms with Crippen LogP contribution >= 0.6 is 11.8 Å². The fourth-order valence-electron chi connectivity index (χ4n) is 9.15. The Bertz CT molecular complexity index is 1220. The number of esters is 1. The highest BCUT2D eigenvalue weighted by molar-refractivity contribution is 8.00. The van der Waals surface area contributed by atoms with Gasteiger partial charge in [0.2, 0.25) is 0 Å². The molecule has 6 rings (SSSR count). The van der Waals surface area contributed by atoms with Crippen molar-refractivity contribution >= 4 is 29.6 Å². The average molecular weight is 600 g/mol. The highest BCUT2D eigenvalue weighted by Gasteiger charge is 2.68. The fraction of sp³-hybridized carbons (Fsp3) is 0.750. The smallest absolute Gasteiger partial charge is 0.316 e. The maximum Gasteiger partial charge on any atom is 0.316 e. The van der Waals surface area contributed by atoms with Gasteiger partial charge in [0, 0.05) is 41.1 Å². The van der Waals surface area contributed by atoms with Gasteiger partial charge in [-0.05, 0) is 42.9 Å². The van der Waals surface area contributed by atoms with Crippen molar-refractivity contribution < 1.29 is 28.9 Å². The summed E-state index contributed by atoms with van der Waals surface area (Å²) < 4.78 is 18.2. The van der Waals surface area contributed by atoms with E-state index in [1.807, 2.05) is 12.2 Å². The number of aliphatic hydroxyl groups excluding tert-OH is 1. The van der Waals surface area contributed by atoms with Crippen LogP contribution in [0.25, 0.3) is 6.08 Å². The lowest BCUT2D eigenvalue weighted by Gasteiger charge is -2.61. The molecule has 3 saturated carbocycles. The van der Waals surface area contributed by atoms with Crippen molar-refractivity contribution in [3.8, 4) is 0 Å². The minimum Gasteiger partial charge on any atom is -0.461 e. The van der Waals surface area contributed by atoms with Crippen molar-refractivity contribution in [2.45, 2.75) is 95.5 Å². The summed E-state index contributed by atoms with van der Waals surface area (Å²) in [6.45, 7) is 9.52. The van der Waals surface area contributed by atoms with Crippen LogP contribution in [0.1, 0.15) is 65.4 Å². The number of ketones is 1. The second kappa shape index (κ2) is 11.3. The molecular formula is C32H45N3O6S. The Morgan fingerprint density at radius 3 is 2.69 bits per heavy atom. The second-order valence-electron chi connectivity index (χ2n) is 14.0. The number of carbonyl (C=O) groups excluding carboxylic acids is 2. The molecule has 0 radical (unpaired) electrons. The summed E-state index contributed by atoms with van der Waals surface area (Å²) in [6.07, 6.45) is 11.0. The van der Waals surface area contributed by atoms with Gasteiger partial charge in [0.25, 0.3) is 0 Å². The van der Waals surface area contributed by atoms with E-state index in [2.05, 4.69) is 37.7 Å². The predicted molar refractivity (Wildman–Crippen MR) is 159 cm³/mol. The van der Waals surface area contributed by atoms with E-state index in [0.717, 1.165) is 24.8 Å². The van der Waals surface area contributed by atoms with Gasteiger partial charge in [-0.1, -0.05) is 39.8 Å². The van der Waals surface area contributed by atoms with Crippen LogP contribution in [0.4, 0.5) is 0 Å². The Kier molecular flexibility index (Phi) is 8.09. The number of hydrogen-bond acceptors (Lipinski definition) is 10. The molecule has 1 aromatic heterocycles. The number of Topliss-reactive ketones (excluding diaryl/α,β-unsaturated/α-hetero) is 1. The highest BCUT2D eigenvalue weighted by atomic mass is 32.2. The third-order valence-corrected chi connectivity index (χ3v) is 13.0. The number of aromatic nitrogens is 2. The van der Waals surface area contributed by atoms with Crippen LogP contribution < -0.4 is 5.73 Å². The Labute approximate surface area is 252 Å². The summed E-state index contributed by atoms with van der Waals surface area (Å²) in [5.74, 6) is -0.0636. The number of nitrogens with zero attached hydrogens (tertiary/aromatic N) is 2. The summed E-state index contributed by atoms with van der Waals surface area (Å²) in [4.78, 5) is 35.6. The van der Waals surface area contributed by atoms with Crippen molar-refractivity contribution in [2.75, 3.05) is 19.0 Å². The van der Waals surface area contributed by atoms with Gasteiger partial charge < -0.3 is 25.1 Å². The fourth-order valence-corrected chi connectivity index (χ4v) is 10.2. The van der Waals surface area contributed by atoms with Crippen LogP contribution in [0.5, 0.6) is 0 Å². The Morgan fingerprint density at radius 1 is 1.19 bits per heavy atom. The number of thioether (sulfide) groups is 1. The van der Waals surface area contributed by atoms with E-state index in [0.29, 0.717) is 26.1 Å². The molecule has 2 bridgehead atoms. The summed E-state index contributed by atoms with van der Waals surface area (Å²) in [5.41, 5.74) is 5.37. The summed E-state index contributed by atoms with van der Waals surface area (Å²) >= 11 is 1.49. The van der Waals surface area contributed by atoms with Gasteiger partial charge in [0.1, 0.15) is 24.3 Å². The molecule has 5 aliphatic rings. The summed E-state index contributed by atoms with van der Waals surface area (Å²) in [6, 6.07) is -0.138. The maximum absolute atomic E-state index is 13.7. The van der Waals surface area contributed by atoms with Crippen molar-refractivity contribution in [3.05, 3.63) is 30.4 Å². The highest BCUT2D eigenvalue weighted by Crippen LogP contribution is 2.68. The largest absolute Gasteiger partial charge is 0.461 e. The lowest BCUT2D eigenvalue weighted by atomic mass is 9.44. The molecule has 10 heteroatoms. The normalized spacial score (nSPS) is 46.7. The minimum atomic E-state index is -0.725. The molecular weight excluding hydrogens is 554 g/mol. The number of ether oxygens (including phenoxy) is 3. The molecule has 0 aromatic carbocycles. The molecule has 12 atom stereocenters. The van der Waals surface area contributed by atoms with Crippen LogP contribution in [-0.4, -0.2) is 81.5 Å². The van der Waals surface area contributed by atoms with E-state index >= 15 is 0 Å². The first kappa shape index (κ1) is 30.2. The molecule has 3 heterocycles. The third kappa shape index (κ3) is 4.85. The zero-order chi connectivity index (χ0) is 29.9. The Hall–Kier alpha value is -1.85. The molecule has 2 aliphatic heterocycles. The second-order valence-corrected chi connectivity index (χ2v) is 15.2. The summed E-state index contributed by atoms with van der Waals surface area (Å²) in [7, 11) is 0. The van der Waals surface area contributed by atoms with Gasteiger partial charge in [-0.3, -0.25) is 9.59 Å². The van der Waals surface area contributed by atoms with E-state index in [9.17, 15) is 14.7 Å². The maximum atomic E-state index is 13.7. The monoisotopic (exact) mass is 599 g/mol. The molecule has 0 spiro atoms. The molecule has 230 valence electrons. The van der Waals surface area contributed by atoms with E-state index in [1.54, 1.807) is 12.4 Å². The van der Waals surface area contributed by atoms with Gasteiger partial charge in [-0.2, -0.15) is 0 Å². The number of carbonyl (C=O) groups is 2. The lowest BCUT2D eigenvalue weighted by Crippen LogP contribution is -2.63. The van der Waals surface area contributed by atoms with Crippen LogP contribution in [0.15, 0.2) is 24.8 Å². The average Bonchev–Trinajstić information content (AvgIpc) is 3.67. The van der Waals surface area contributed by atoms with Crippen molar-refractivity contribution in [1.82, 2.24) is 9.97 Å². The predicted octanol–water partition coefficient (Wildman–Crippen LogP) is 3.44. The SMILES string of the molecule is CC1CC[C@@]23CCC(=O)[C@H]2[C@]1(C)[C@H](OC(=O)CS[C@H]1CO[C@H]2C1OC[C@@H]2N)C[C@](C)(/C=C/c1cncnc1)[C@@H](O)[C@@H]3C. The van der Waals surface area contributed by atoms with Crippen molar-refractivity contribution in [3.63, 3.8) is 0 Å². The first-order valence-corrected chi connectivity index (χ1v) is 16.5. The van der Waals surface area contributed by atoms with Crippen LogP contribution in [0.2, 0.25) is 0 Å². The first-order chi connectivity index (χ1) is 20.0. The quantitative estimate of drug-likeness (QED) is 0.469. The molecule has 3 aliphatic carbocycles. The zero-order valence-corrected chi connectivity index (χ0v) is 25.9. The number of rotatable bonds is 6. The Balaban J connectivity index is 1.31. The van der Waals surface area contributed by atoms with Crippen LogP contribution in [-0.2, 0) is 23.8 Å². The minimum absolute atomic E-state index is 0.0191. The third-order valence-electron chi connectivity index (χ3n) is 11.8. The summed E-state index contributed by atoms with van der Waals surface area (Å²) in [5, 5.41) is 12.1. The lowest BCUT2D eigenvalue weighted by molar-refractivity contribution is -0.205. The van der Waals surface area contributed by atoms with E-state index < -0.39 is 23.0 Å². The van der Waals surface area contributed by atoms with Crippen LogP contribution in [0.3, 0.4) is 0 Å². The Morgan fingerprint density at radius 2 is 1.93 bits per heavy atom.